The van der Waals surface area contributed by atoms with E-state index in [0.717, 1.165) is 17.2 Å². The number of hydrogen-bond acceptors (Lipinski definition) is 5. The van der Waals surface area contributed by atoms with Gasteiger partial charge in [0.25, 0.3) is 5.88 Å². The van der Waals surface area contributed by atoms with E-state index in [0.29, 0.717) is 5.69 Å². The minimum atomic E-state index is -0.568. The van der Waals surface area contributed by atoms with Crippen LogP contribution in [0.2, 0.25) is 0 Å². The Hall–Kier alpha value is -3.22. The fraction of sp³-hybridized carbons (Fsp3) is 0.125. The van der Waals surface area contributed by atoms with E-state index in [1.54, 1.807) is 0 Å². The van der Waals surface area contributed by atoms with Gasteiger partial charge in [-0.1, -0.05) is 18.2 Å². The van der Waals surface area contributed by atoms with Gasteiger partial charge >= 0.3 is 5.69 Å². The summed E-state index contributed by atoms with van der Waals surface area (Å²) in [6.07, 6.45) is 2.15. The maximum atomic E-state index is 11.4. The molecule has 0 saturated carbocycles. The lowest BCUT2D eigenvalue weighted by Crippen LogP contribution is -2.13. The summed E-state index contributed by atoms with van der Waals surface area (Å²) in [5.74, 6) is -0.663. The Labute approximate surface area is 131 Å². The first-order valence-electron chi connectivity index (χ1n) is 6.94. The van der Waals surface area contributed by atoms with Crippen molar-refractivity contribution in [3.05, 3.63) is 64.5 Å². The number of fused-ring (bicyclic) bond motifs is 1. The minimum absolute atomic E-state index is 0.0336. The van der Waals surface area contributed by atoms with Crippen molar-refractivity contribution in [2.45, 2.75) is 5.92 Å². The molecule has 23 heavy (non-hydrogen) atoms. The predicted molar refractivity (Wildman–Crippen MR) is 83.5 cm³/mol. The van der Waals surface area contributed by atoms with Crippen LogP contribution < -0.4 is 4.74 Å². The highest BCUT2D eigenvalue weighted by atomic mass is 16.6. The van der Waals surface area contributed by atoms with Crippen LogP contribution in [0.15, 0.2) is 48.7 Å². The summed E-state index contributed by atoms with van der Waals surface area (Å²) in [5.41, 5.74) is 1.38. The molecule has 1 atom stereocenters. The molecule has 7 heteroatoms. The van der Waals surface area contributed by atoms with Gasteiger partial charge in [0.1, 0.15) is 12.9 Å². The number of rotatable bonds is 6. The largest absolute Gasteiger partial charge is 0.472 e. The molecule has 1 N–H and O–H groups in total. The summed E-state index contributed by atoms with van der Waals surface area (Å²) < 4.78 is 5.40. The van der Waals surface area contributed by atoms with Crippen LogP contribution in [0.5, 0.6) is 5.88 Å². The third kappa shape index (κ3) is 3.03. The SMILES string of the molecule is O=CC(COc1ncccc1[N+](=O)[O-])c1cc2ccccc2[nH]1. The average molecular weight is 311 g/mol. The van der Waals surface area contributed by atoms with Crippen LogP contribution in [0.25, 0.3) is 10.9 Å². The van der Waals surface area contributed by atoms with E-state index in [-0.39, 0.29) is 18.2 Å². The van der Waals surface area contributed by atoms with Crippen LogP contribution in [-0.4, -0.2) is 27.8 Å². The summed E-state index contributed by atoms with van der Waals surface area (Å²) in [6, 6.07) is 12.3. The highest BCUT2D eigenvalue weighted by molar-refractivity contribution is 5.81. The van der Waals surface area contributed by atoms with Crippen molar-refractivity contribution < 1.29 is 14.5 Å². The number of aromatic amines is 1. The highest BCUT2D eigenvalue weighted by Gasteiger charge is 2.19. The quantitative estimate of drug-likeness (QED) is 0.429. The molecule has 0 radical (unpaired) electrons. The molecule has 1 aromatic carbocycles. The molecule has 2 heterocycles. The third-order valence-electron chi connectivity index (χ3n) is 3.46. The number of para-hydroxylation sites is 1. The number of carbonyl (C=O) groups excluding carboxylic acids is 1. The number of nitrogens with one attached hydrogen (secondary N) is 1. The molecular formula is C16H13N3O4. The van der Waals surface area contributed by atoms with Gasteiger partial charge in [0.2, 0.25) is 0 Å². The van der Waals surface area contributed by atoms with E-state index in [1.165, 1.54) is 18.3 Å². The number of nitro groups is 1. The lowest BCUT2D eigenvalue weighted by Gasteiger charge is -2.10. The van der Waals surface area contributed by atoms with E-state index in [9.17, 15) is 14.9 Å². The van der Waals surface area contributed by atoms with Crippen LogP contribution in [-0.2, 0) is 4.79 Å². The Morgan fingerprint density at radius 1 is 1.30 bits per heavy atom. The van der Waals surface area contributed by atoms with Crippen molar-refractivity contribution in [1.29, 1.82) is 0 Å². The van der Waals surface area contributed by atoms with Crippen molar-refractivity contribution >= 4 is 22.9 Å². The zero-order valence-corrected chi connectivity index (χ0v) is 12.0. The number of ether oxygens (including phenoxy) is 1. The predicted octanol–water partition coefficient (Wildman–Crippen LogP) is 2.83. The average Bonchev–Trinajstić information content (AvgIpc) is 2.99. The van der Waals surface area contributed by atoms with E-state index >= 15 is 0 Å². The van der Waals surface area contributed by atoms with E-state index < -0.39 is 10.8 Å². The number of carbonyl (C=O) groups is 1. The Bertz CT molecular complexity index is 826. The van der Waals surface area contributed by atoms with Crippen LogP contribution >= 0.6 is 0 Å². The Kier molecular flexibility index (Phi) is 4.01. The lowest BCUT2D eigenvalue weighted by atomic mass is 10.1. The Morgan fingerprint density at radius 2 is 2.13 bits per heavy atom. The van der Waals surface area contributed by atoms with E-state index in [1.807, 2.05) is 30.3 Å². The van der Waals surface area contributed by atoms with Crippen LogP contribution in [0, 0.1) is 10.1 Å². The van der Waals surface area contributed by atoms with Crippen molar-refractivity contribution in [1.82, 2.24) is 9.97 Å². The van der Waals surface area contributed by atoms with Crippen molar-refractivity contribution in [2.75, 3.05) is 6.61 Å². The minimum Gasteiger partial charge on any atom is -0.472 e. The molecule has 0 saturated heterocycles. The van der Waals surface area contributed by atoms with Crippen molar-refractivity contribution in [3.63, 3.8) is 0 Å². The maximum absolute atomic E-state index is 11.4. The summed E-state index contributed by atoms with van der Waals surface area (Å²) >= 11 is 0. The fourth-order valence-corrected chi connectivity index (χ4v) is 2.30. The summed E-state index contributed by atoms with van der Waals surface area (Å²) in [4.78, 5) is 28.7. The first kappa shape index (κ1) is 14.7. The fourth-order valence-electron chi connectivity index (χ4n) is 2.30. The molecule has 2 aromatic heterocycles. The molecular weight excluding hydrogens is 298 g/mol. The normalized spacial score (nSPS) is 12.0. The summed E-state index contributed by atoms with van der Waals surface area (Å²) in [6.45, 7) is -0.0336. The molecule has 0 amide bonds. The number of hydrogen-bond donors (Lipinski definition) is 1. The van der Waals surface area contributed by atoms with E-state index in [2.05, 4.69) is 9.97 Å². The molecule has 0 aliphatic heterocycles. The van der Waals surface area contributed by atoms with Gasteiger partial charge in [0.05, 0.1) is 10.8 Å². The van der Waals surface area contributed by atoms with Crippen LogP contribution in [0.1, 0.15) is 11.6 Å². The number of H-pyrrole nitrogens is 1. The smallest absolute Gasteiger partial charge is 0.330 e. The van der Waals surface area contributed by atoms with Gasteiger partial charge in [0.15, 0.2) is 0 Å². The van der Waals surface area contributed by atoms with E-state index in [4.69, 9.17) is 4.74 Å². The monoisotopic (exact) mass is 311 g/mol. The zero-order chi connectivity index (χ0) is 16.2. The topological polar surface area (TPSA) is 98.1 Å². The summed E-state index contributed by atoms with van der Waals surface area (Å²) in [5, 5.41) is 11.9. The maximum Gasteiger partial charge on any atom is 0.330 e. The molecule has 0 aliphatic carbocycles. The standard InChI is InChI=1S/C16H13N3O4/c20-9-12(14-8-11-4-1-2-5-13(11)18-14)10-23-16-15(19(21)22)6-3-7-17-16/h1-9,12,18H,10H2. The number of aromatic nitrogens is 2. The molecule has 0 spiro atoms. The van der Waals surface area contributed by atoms with Crippen LogP contribution in [0.4, 0.5) is 5.69 Å². The van der Waals surface area contributed by atoms with Crippen molar-refractivity contribution in [2.24, 2.45) is 0 Å². The number of nitrogens with zero attached hydrogens (tertiary/aromatic N) is 2. The van der Waals surface area contributed by atoms with Gasteiger partial charge in [-0.3, -0.25) is 10.1 Å². The molecule has 7 nitrogen and oxygen atoms in total. The molecule has 0 fully saturated rings. The van der Waals surface area contributed by atoms with Gasteiger partial charge in [-0.05, 0) is 23.6 Å². The van der Waals surface area contributed by atoms with Crippen LogP contribution in [0.3, 0.4) is 0 Å². The van der Waals surface area contributed by atoms with Gasteiger partial charge in [-0.2, -0.15) is 0 Å². The first-order chi connectivity index (χ1) is 11.2. The second kappa shape index (κ2) is 6.27. The molecule has 0 aliphatic rings. The molecule has 116 valence electrons. The van der Waals surface area contributed by atoms with Gasteiger partial charge < -0.3 is 14.5 Å². The lowest BCUT2D eigenvalue weighted by molar-refractivity contribution is -0.386. The molecule has 3 aromatic rings. The number of benzene rings is 1. The number of aldehydes is 1. The third-order valence-corrected chi connectivity index (χ3v) is 3.46. The Morgan fingerprint density at radius 3 is 2.87 bits per heavy atom. The second-order valence-corrected chi connectivity index (χ2v) is 4.95. The van der Waals surface area contributed by atoms with Gasteiger partial charge in [0, 0.05) is 23.5 Å². The van der Waals surface area contributed by atoms with Gasteiger partial charge in [-0.25, -0.2) is 4.98 Å². The van der Waals surface area contributed by atoms with Gasteiger partial charge in [-0.15, -0.1) is 0 Å². The molecule has 0 bridgehead atoms. The number of pyridine rings is 1. The first-order valence-corrected chi connectivity index (χ1v) is 6.94. The van der Waals surface area contributed by atoms with Crippen molar-refractivity contribution in [3.8, 4) is 5.88 Å². The highest BCUT2D eigenvalue weighted by Crippen LogP contribution is 2.25. The Balaban J connectivity index is 1.80. The second-order valence-electron chi connectivity index (χ2n) is 4.95. The molecule has 3 rings (SSSR count). The zero-order valence-electron chi connectivity index (χ0n) is 12.0. The molecule has 1 unspecified atom stereocenters. The summed E-state index contributed by atoms with van der Waals surface area (Å²) in [7, 11) is 0.